The molecule has 1 unspecified atom stereocenters. The fraction of sp³-hybridized carbons (Fsp3) is 0.560. The maximum Gasteiger partial charge on any atom is 0.317 e. The molecule has 0 aromatic heterocycles. The first-order valence-electron chi connectivity index (χ1n) is 12.5. The number of benzene rings is 1. The fourth-order valence-electron chi connectivity index (χ4n) is 4.42. The van der Waals surface area contributed by atoms with Crippen LogP contribution < -0.4 is 0 Å². The van der Waals surface area contributed by atoms with Crippen LogP contribution >= 0.6 is 0 Å². The van der Waals surface area contributed by atoms with Crippen molar-refractivity contribution in [3.63, 3.8) is 0 Å². The molecule has 0 aliphatic carbocycles. The molecule has 1 rings (SSSR count). The summed E-state index contributed by atoms with van der Waals surface area (Å²) in [6.07, 6.45) is 0.348. The molecule has 0 spiro atoms. The number of nitro groups is 1. The molecule has 0 fully saturated rings. The van der Waals surface area contributed by atoms with E-state index in [1.807, 2.05) is 0 Å². The van der Waals surface area contributed by atoms with E-state index in [1.165, 1.54) is 39.0 Å². The van der Waals surface area contributed by atoms with E-state index in [9.17, 15) is 49.4 Å². The SMILES string of the molecule is CC(C)(CCN(CC(=O)O)CC(Cc1ccc([N+](=O)[O-])cc1)N(CC(=O)O)CC(=O)O)CN(CC(=O)O)CC(=O)O. The van der Waals surface area contributed by atoms with Gasteiger partial charge in [-0.25, -0.2) is 0 Å². The van der Waals surface area contributed by atoms with Crippen LogP contribution in [0.4, 0.5) is 5.69 Å². The summed E-state index contributed by atoms with van der Waals surface area (Å²) in [5.74, 6) is -6.22. The van der Waals surface area contributed by atoms with Gasteiger partial charge in [0.1, 0.15) is 0 Å². The zero-order valence-corrected chi connectivity index (χ0v) is 22.8. The number of rotatable bonds is 21. The van der Waals surface area contributed by atoms with Gasteiger partial charge in [0.15, 0.2) is 0 Å². The predicted molar refractivity (Wildman–Crippen MR) is 142 cm³/mol. The first-order valence-corrected chi connectivity index (χ1v) is 12.5. The summed E-state index contributed by atoms with van der Waals surface area (Å²) in [5.41, 5.74) is -0.306. The molecular weight excluding hydrogens is 548 g/mol. The Balaban J connectivity index is 3.23. The number of carboxylic acid groups (broad SMARTS) is 5. The largest absolute Gasteiger partial charge is 0.480 e. The minimum Gasteiger partial charge on any atom is -0.480 e. The highest BCUT2D eigenvalue weighted by Crippen LogP contribution is 2.23. The average Bonchev–Trinajstić information content (AvgIpc) is 2.80. The van der Waals surface area contributed by atoms with Crippen LogP contribution in [0.15, 0.2) is 24.3 Å². The molecule has 0 amide bonds. The molecule has 1 atom stereocenters. The third-order valence-electron chi connectivity index (χ3n) is 6.11. The van der Waals surface area contributed by atoms with E-state index >= 15 is 0 Å². The number of carbonyl (C=O) groups is 5. The Morgan fingerprint density at radius 2 is 1.22 bits per heavy atom. The molecule has 0 radical (unpaired) electrons. The number of hydrogen-bond acceptors (Lipinski definition) is 10. The van der Waals surface area contributed by atoms with Crippen molar-refractivity contribution in [3.05, 3.63) is 39.9 Å². The Labute approximate surface area is 235 Å². The Morgan fingerprint density at radius 1 is 0.780 bits per heavy atom. The zero-order chi connectivity index (χ0) is 31.3. The molecule has 0 saturated carbocycles. The Bertz CT molecular complexity index is 1060. The van der Waals surface area contributed by atoms with Crippen LogP contribution in [0.5, 0.6) is 0 Å². The molecule has 16 heteroatoms. The molecule has 0 aliphatic rings. The van der Waals surface area contributed by atoms with Crippen LogP contribution in [0.1, 0.15) is 25.8 Å². The highest BCUT2D eigenvalue weighted by Gasteiger charge is 2.29. The lowest BCUT2D eigenvalue weighted by Gasteiger charge is -2.36. The van der Waals surface area contributed by atoms with Gasteiger partial charge in [-0.2, -0.15) is 0 Å². The van der Waals surface area contributed by atoms with Crippen molar-refractivity contribution in [1.29, 1.82) is 0 Å². The summed E-state index contributed by atoms with van der Waals surface area (Å²) in [6, 6.07) is 4.59. The summed E-state index contributed by atoms with van der Waals surface area (Å²) >= 11 is 0. The van der Waals surface area contributed by atoms with Gasteiger partial charge in [-0.05, 0) is 30.4 Å². The van der Waals surface area contributed by atoms with E-state index in [2.05, 4.69) is 0 Å². The third-order valence-corrected chi connectivity index (χ3v) is 6.11. The van der Waals surface area contributed by atoms with Crippen LogP contribution in [0, 0.1) is 15.5 Å². The molecule has 16 nitrogen and oxygen atoms in total. The molecule has 228 valence electrons. The minimum atomic E-state index is -1.30. The number of non-ortho nitro benzene ring substituents is 1. The molecule has 0 bridgehead atoms. The topological polar surface area (TPSA) is 239 Å². The molecular formula is C25H36N4O12. The van der Waals surface area contributed by atoms with E-state index < -0.39 is 79.0 Å². The van der Waals surface area contributed by atoms with E-state index in [0.29, 0.717) is 5.56 Å². The summed E-state index contributed by atoms with van der Waals surface area (Å²) in [7, 11) is 0. The van der Waals surface area contributed by atoms with Crippen molar-refractivity contribution in [2.45, 2.75) is 32.7 Å². The summed E-state index contributed by atoms with van der Waals surface area (Å²) in [4.78, 5) is 71.4. The first kappa shape index (κ1) is 34.9. The van der Waals surface area contributed by atoms with Crippen LogP contribution in [0.25, 0.3) is 0 Å². The number of aliphatic carboxylic acids is 5. The van der Waals surface area contributed by atoms with Crippen LogP contribution in [-0.4, -0.2) is 133 Å². The van der Waals surface area contributed by atoms with Gasteiger partial charge in [-0.1, -0.05) is 26.0 Å². The van der Waals surface area contributed by atoms with Gasteiger partial charge >= 0.3 is 29.8 Å². The second-order valence-electron chi connectivity index (χ2n) is 10.4. The van der Waals surface area contributed by atoms with E-state index in [0.717, 1.165) is 0 Å². The summed E-state index contributed by atoms with van der Waals surface area (Å²) < 4.78 is 0. The highest BCUT2D eigenvalue weighted by atomic mass is 16.6. The maximum absolute atomic E-state index is 11.7. The Hall–Kier alpha value is -4.15. The standard InChI is InChI=1S/C25H36N4O12/c1-25(2,16-27(12-21(32)33)13-22(34)35)7-8-26(11-20(30)31)10-19(28(14-23(36)37)15-24(38)39)9-17-3-5-18(6-4-17)29(40)41/h3-6,19H,7-16H2,1-2H3,(H,30,31)(H,32,33)(H,34,35)(H,36,37)(H,38,39). The van der Waals surface area contributed by atoms with E-state index in [1.54, 1.807) is 13.8 Å². The van der Waals surface area contributed by atoms with E-state index in [4.69, 9.17) is 10.2 Å². The highest BCUT2D eigenvalue weighted by molar-refractivity contribution is 5.73. The predicted octanol–water partition coefficient (Wildman–Crippen LogP) is 0.251. The fourth-order valence-corrected chi connectivity index (χ4v) is 4.42. The number of nitro benzene ring substituents is 1. The van der Waals surface area contributed by atoms with Gasteiger partial charge in [-0.3, -0.25) is 48.8 Å². The zero-order valence-electron chi connectivity index (χ0n) is 22.8. The van der Waals surface area contributed by atoms with Crippen molar-refractivity contribution in [2.24, 2.45) is 5.41 Å². The lowest BCUT2D eigenvalue weighted by Crippen LogP contribution is -2.50. The monoisotopic (exact) mass is 584 g/mol. The lowest BCUT2D eigenvalue weighted by atomic mass is 9.88. The van der Waals surface area contributed by atoms with Crippen molar-refractivity contribution in [1.82, 2.24) is 14.7 Å². The molecule has 0 saturated heterocycles. The molecule has 0 heterocycles. The number of hydrogen-bond donors (Lipinski definition) is 5. The Kier molecular flexibility index (Phi) is 13.8. The number of nitrogens with zero attached hydrogens (tertiary/aromatic N) is 4. The van der Waals surface area contributed by atoms with Crippen molar-refractivity contribution < 1.29 is 54.4 Å². The molecule has 41 heavy (non-hydrogen) atoms. The molecule has 1 aromatic rings. The van der Waals surface area contributed by atoms with Crippen molar-refractivity contribution in [3.8, 4) is 0 Å². The smallest absolute Gasteiger partial charge is 0.317 e. The molecule has 0 aliphatic heterocycles. The van der Waals surface area contributed by atoms with E-state index in [-0.39, 0.29) is 38.2 Å². The summed E-state index contributed by atoms with van der Waals surface area (Å²) in [5, 5.41) is 57.6. The number of carboxylic acids is 5. The molecule has 1 aromatic carbocycles. The third kappa shape index (κ3) is 14.7. The maximum atomic E-state index is 11.7. The van der Waals surface area contributed by atoms with Gasteiger partial charge in [-0.15, -0.1) is 0 Å². The normalized spacial score (nSPS) is 12.4. The first-order chi connectivity index (χ1) is 19.0. The van der Waals surface area contributed by atoms with Gasteiger partial charge in [0.05, 0.1) is 37.6 Å². The average molecular weight is 585 g/mol. The quantitative estimate of drug-likeness (QED) is 0.0961. The second kappa shape index (κ2) is 16.2. The lowest BCUT2D eigenvalue weighted by molar-refractivity contribution is -0.384. The van der Waals surface area contributed by atoms with Gasteiger partial charge in [0.2, 0.25) is 0 Å². The van der Waals surface area contributed by atoms with Gasteiger partial charge in [0, 0.05) is 31.3 Å². The molecule has 5 N–H and O–H groups in total. The van der Waals surface area contributed by atoms with Crippen molar-refractivity contribution >= 4 is 35.5 Å². The van der Waals surface area contributed by atoms with Crippen LogP contribution in [0.3, 0.4) is 0 Å². The second-order valence-corrected chi connectivity index (χ2v) is 10.4. The minimum absolute atomic E-state index is 0.0586. The van der Waals surface area contributed by atoms with Crippen LogP contribution in [-0.2, 0) is 30.4 Å². The van der Waals surface area contributed by atoms with Gasteiger partial charge in [0.25, 0.3) is 5.69 Å². The van der Waals surface area contributed by atoms with Crippen molar-refractivity contribution in [2.75, 3.05) is 52.4 Å². The van der Waals surface area contributed by atoms with Gasteiger partial charge < -0.3 is 25.5 Å². The summed E-state index contributed by atoms with van der Waals surface area (Å²) in [6.45, 7) is 0.835. The Morgan fingerprint density at radius 3 is 1.63 bits per heavy atom. The van der Waals surface area contributed by atoms with Crippen LogP contribution in [0.2, 0.25) is 0 Å².